The summed E-state index contributed by atoms with van der Waals surface area (Å²) < 4.78 is 25.1. The smallest absolute Gasteiger partial charge is 0.306 e. The van der Waals surface area contributed by atoms with Gasteiger partial charge in [0.25, 0.3) is 0 Å². The molecular weight excluding hydrogens is 469 g/mol. The number of aliphatic hydroxyl groups is 1. The Labute approximate surface area is 221 Å². The summed E-state index contributed by atoms with van der Waals surface area (Å²) >= 11 is 0. The van der Waals surface area contributed by atoms with E-state index in [1.165, 1.54) is 0 Å². The highest BCUT2D eigenvalue weighted by Gasteiger charge is 2.27. The van der Waals surface area contributed by atoms with Gasteiger partial charge in [0.15, 0.2) is 0 Å². The molecule has 37 heavy (non-hydrogen) atoms. The van der Waals surface area contributed by atoms with Gasteiger partial charge in [-0.05, 0) is 93.8 Å². The highest BCUT2D eigenvalue weighted by Crippen LogP contribution is 2.26. The molecule has 0 unspecified atom stereocenters. The summed E-state index contributed by atoms with van der Waals surface area (Å²) in [5.41, 5.74) is 4.94. The minimum Gasteiger partial charge on any atom is -0.466 e. The van der Waals surface area contributed by atoms with Crippen molar-refractivity contribution in [1.82, 2.24) is 4.90 Å². The number of esters is 1. The number of benzene rings is 2. The minimum absolute atomic E-state index is 0.158. The second-order valence-electron chi connectivity index (χ2n) is 10.0. The topological polar surface area (TPSA) is 59.0 Å². The summed E-state index contributed by atoms with van der Waals surface area (Å²) in [6.07, 6.45) is 7.15. The lowest BCUT2D eigenvalue weighted by atomic mass is 9.97. The van der Waals surface area contributed by atoms with E-state index in [0.29, 0.717) is 37.6 Å². The van der Waals surface area contributed by atoms with Crippen LogP contribution in [0, 0.1) is 19.7 Å². The summed E-state index contributed by atoms with van der Waals surface area (Å²) in [4.78, 5) is 13.9. The van der Waals surface area contributed by atoms with Crippen molar-refractivity contribution in [2.45, 2.75) is 78.0 Å². The molecule has 0 radical (unpaired) electrons. The van der Waals surface area contributed by atoms with E-state index in [1.807, 2.05) is 50.3 Å². The Bertz CT molecular complexity index is 1050. The van der Waals surface area contributed by atoms with Gasteiger partial charge in [0, 0.05) is 19.0 Å². The van der Waals surface area contributed by atoms with Crippen molar-refractivity contribution < 1.29 is 23.8 Å². The van der Waals surface area contributed by atoms with Gasteiger partial charge in [0.1, 0.15) is 5.82 Å². The molecule has 2 aromatic carbocycles. The molecule has 0 spiro atoms. The molecule has 202 valence electrons. The number of nitrogens with zero attached hydrogens (tertiary/aromatic N) is 1. The molecule has 1 saturated heterocycles. The van der Waals surface area contributed by atoms with E-state index < -0.39 is 6.10 Å². The van der Waals surface area contributed by atoms with E-state index in [9.17, 15) is 14.3 Å². The SMILES string of the molecule is CCOC(=O)CC/C=C/c1c(C)cccc1[C@@H](C)OC[C@H](O)CN1CCC[C@H]1Cc1ccc(C)c(F)c1. The predicted octanol–water partition coefficient (Wildman–Crippen LogP) is 5.94. The zero-order valence-corrected chi connectivity index (χ0v) is 22.7. The lowest BCUT2D eigenvalue weighted by Gasteiger charge is -2.28. The maximum absolute atomic E-state index is 14.0. The van der Waals surface area contributed by atoms with E-state index in [0.717, 1.165) is 48.1 Å². The second-order valence-corrected chi connectivity index (χ2v) is 10.0. The number of likely N-dealkylation sites (tertiary alicyclic amines) is 1. The highest BCUT2D eigenvalue weighted by atomic mass is 19.1. The van der Waals surface area contributed by atoms with Gasteiger partial charge in [-0.3, -0.25) is 9.69 Å². The van der Waals surface area contributed by atoms with Crippen LogP contribution in [0.4, 0.5) is 4.39 Å². The number of hydrogen-bond acceptors (Lipinski definition) is 5. The number of rotatable bonds is 13. The molecular formula is C31H42FNO4. The zero-order valence-electron chi connectivity index (χ0n) is 22.7. The van der Waals surface area contributed by atoms with Gasteiger partial charge < -0.3 is 14.6 Å². The third-order valence-electron chi connectivity index (χ3n) is 7.09. The molecule has 5 nitrogen and oxygen atoms in total. The summed E-state index contributed by atoms with van der Waals surface area (Å²) in [7, 11) is 0. The molecule has 1 fully saturated rings. The van der Waals surface area contributed by atoms with Crippen LogP contribution in [-0.2, 0) is 20.7 Å². The van der Waals surface area contributed by atoms with Gasteiger partial charge in [0.2, 0.25) is 0 Å². The van der Waals surface area contributed by atoms with Gasteiger partial charge in [-0.1, -0.05) is 42.5 Å². The van der Waals surface area contributed by atoms with Gasteiger partial charge in [-0.15, -0.1) is 0 Å². The first kappa shape index (κ1) is 29.0. The maximum Gasteiger partial charge on any atom is 0.306 e. The van der Waals surface area contributed by atoms with Crippen LogP contribution in [0.25, 0.3) is 6.08 Å². The van der Waals surface area contributed by atoms with E-state index in [1.54, 1.807) is 13.0 Å². The van der Waals surface area contributed by atoms with Crippen molar-refractivity contribution in [3.05, 3.63) is 76.1 Å². The summed E-state index contributed by atoms with van der Waals surface area (Å²) in [5.74, 6) is -0.344. The minimum atomic E-state index is -0.605. The maximum atomic E-state index is 14.0. The zero-order chi connectivity index (χ0) is 26.8. The third-order valence-corrected chi connectivity index (χ3v) is 7.09. The second kappa shape index (κ2) is 14.4. The normalized spacial score (nSPS) is 17.8. The highest BCUT2D eigenvalue weighted by molar-refractivity contribution is 5.69. The summed E-state index contributed by atoms with van der Waals surface area (Å²) in [6.45, 7) is 9.76. The number of halogens is 1. The van der Waals surface area contributed by atoms with Gasteiger partial charge in [-0.2, -0.15) is 0 Å². The van der Waals surface area contributed by atoms with Crippen LogP contribution in [0.2, 0.25) is 0 Å². The van der Waals surface area contributed by atoms with Crippen LogP contribution < -0.4 is 0 Å². The fourth-order valence-corrected chi connectivity index (χ4v) is 4.99. The Kier molecular flexibility index (Phi) is 11.3. The molecule has 3 atom stereocenters. The van der Waals surface area contributed by atoms with Crippen molar-refractivity contribution in [2.75, 3.05) is 26.3 Å². The molecule has 1 aliphatic rings. The molecule has 1 heterocycles. The molecule has 6 heteroatoms. The first-order chi connectivity index (χ1) is 17.8. The Morgan fingerprint density at radius 3 is 2.81 bits per heavy atom. The average molecular weight is 512 g/mol. The molecule has 0 saturated carbocycles. The molecule has 0 aromatic heterocycles. The number of aryl methyl sites for hydroxylation is 2. The molecule has 0 bridgehead atoms. The Hall–Kier alpha value is -2.54. The molecule has 0 amide bonds. The van der Waals surface area contributed by atoms with Crippen molar-refractivity contribution in [3.8, 4) is 0 Å². The monoisotopic (exact) mass is 511 g/mol. The Balaban J connectivity index is 1.53. The molecule has 2 aromatic rings. The fourth-order valence-electron chi connectivity index (χ4n) is 4.99. The van der Waals surface area contributed by atoms with Crippen LogP contribution >= 0.6 is 0 Å². The number of carbonyl (C=O) groups is 1. The lowest BCUT2D eigenvalue weighted by molar-refractivity contribution is -0.142. The number of aliphatic hydroxyl groups excluding tert-OH is 1. The average Bonchev–Trinajstić information content (AvgIpc) is 3.29. The van der Waals surface area contributed by atoms with Crippen molar-refractivity contribution in [2.24, 2.45) is 0 Å². The van der Waals surface area contributed by atoms with E-state index >= 15 is 0 Å². The number of ether oxygens (including phenoxy) is 2. The number of carbonyl (C=O) groups excluding carboxylic acids is 1. The van der Waals surface area contributed by atoms with Crippen molar-refractivity contribution in [3.63, 3.8) is 0 Å². The quantitative estimate of drug-likeness (QED) is 0.337. The van der Waals surface area contributed by atoms with E-state index in [4.69, 9.17) is 9.47 Å². The number of allylic oxidation sites excluding steroid dienone is 1. The van der Waals surface area contributed by atoms with E-state index in [-0.39, 0.29) is 24.5 Å². The van der Waals surface area contributed by atoms with Crippen molar-refractivity contribution >= 4 is 12.0 Å². The third kappa shape index (κ3) is 8.77. The predicted molar refractivity (Wildman–Crippen MR) is 146 cm³/mol. The molecule has 1 aliphatic heterocycles. The van der Waals surface area contributed by atoms with Gasteiger partial charge >= 0.3 is 5.97 Å². The van der Waals surface area contributed by atoms with Crippen LogP contribution in [-0.4, -0.2) is 54.4 Å². The summed E-state index contributed by atoms with van der Waals surface area (Å²) in [5, 5.41) is 10.8. The van der Waals surface area contributed by atoms with Crippen LogP contribution in [0.3, 0.4) is 0 Å². The largest absolute Gasteiger partial charge is 0.466 e. The van der Waals surface area contributed by atoms with Gasteiger partial charge in [-0.25, -0.2) is 4.39 Å². The first-order valence-electron chi connectivity index (χ1n) is 13.5. The fraction of sp³-hybridized carbons (Fsp3) is 0.516. The standard InChI is InChI=1S/C31H42FNO4/c1-5-36-31(35)14-7-6-12-28-22(2)10-8-13-29(28)24(4)37-21-27(34)20-33-17-9-11-26(33)18-25-16-15-23(3)30(32)19-25/h6,8,10,12-13,15-16,19,24,26-27,34H,5,7,9,11,14,17-18,20-21H2,1-4H3/b12-6+/t24-,26+,27-/m1/s1. The van der Waals surface area contributed by atoms with Crippen LogP contribution in [0.5, 0.6) is 0 Å². The first-order valence-corrected chi connectivity index (χ1v) is 13.5. The molecule has 1 N–H and O–H groups in total. The lowest BCUT2D eigenvalue weighted by Crippen LogP contribution is -2.39. The number of β-amino-alcohol motifs (C(OH)–C–C–N with tert-alkyl or cyclic N) is 1. The summed E-state index contributed by atoms with van der Waals surface area (Å²) in [6, 6.07) is 11.9. The van der Waals surface area contributed by atoms with Gasteiger partial charge in [0.05, 0.1) is 25.4 Å². The van der Waals surface area contributed by atoms with E-state index in [2.05, 4.69) is 17.9 Å². The number of hydrogen-bond donors (Lipinski definition) is 1. The van der Waals surface area contributed by atoms with Crippen LogP contribution in [0.15, 0.2) is 42.5 Å². The molecule has 3 rings (SSSR count). The Morgan fingerprint density at radius 2 is 2.05 bits per heavy atom. The van der Waals surface area contributed by atoms with Crippen molar-refractivity contribution in [1.29, 1.82) is 0 Å². The van der Waals surface area contributed by atoms with Crippen LogP contribution in [0.1, 0.15) is 73.5 Å². The Morgan fingerprint density at radius 1 is 1.24 bits per heavy atom. The molecule has 0 aliphatic carbocycles.